The van der Waals surface area contributed by atoms with E-state index in [9.17, 15) is 62.9 Å². The minimum absolute atomic E-state index is 0.0113. The number of para-hydroxylation sites is 2. The Hall–Kier alpha value is -13.8. The molecular formula is C94H130FN23O20S. The highest BCUT2D eigenvalue weighted by Crippen LogP contribution is 2.34. The van der Waals surface area contributed by atoms with Crippen molar-refractivity contribution in [3.8, 4) is 17.0 Å². The van der Waals surface area contributed by atoms with E-state index in [0.29, 0.717) is 62.6 Å². The van der Waals surface area contributed by atoms with Crippen LogP contribution in [0.15, 0.2) is 103 Å². The van der Waals surface area contributed by atoms with Crippen molar-refractivity contribution in [2.45, 2.75) is 228 Å². The summed E-state index contributed by atoms with van der Waals surface area (Å²) in [5.74, 6) is -19.2. The van der Waals surface area contributed by atoms with Gasteiger partial charge in [0.1, 0.15) is 96.2 Å². The van der Waals surface area contributed by atoms with Gasteiger partial charge >= 0.3 is 0 Å². The number of carbonyl (C=O) groups is 17. The lowest BCUT2D eigenvalue weighted by Gasteiger charge is -2.36. The number of unbranched alkanes of at least 4 members (excludes halogenated alkanes) is 2. The van der Waals surface area contributed by atoms with Crippen LogP contribution in [-0.2, 0) is 101 Å². The molecule has 0 bridgehead atoms. The lowest BCUT2D eigenvalue weighted by molar-refractivity contribution is -0.149. The minimum atomic E-state index is -1.97. The van der Waals surface area contributed by atoms with E-state index in [1.54, 1.807) is 68.6 Å². The van der Waals surface area contributed by atoms with Gasteiger partial charge in [0.2, 0.25) is 100 Å². The molecule has 15 atom stereocenters. The monoisotopic (exact) mass is 1950 g/mol. The van der Waals surface area contributed by atoms with Gasteiger partial charge in [-0.05, 0) is 129 Å². The van der Waals surface area contributed by atoms with Gasteiger partial charge < -0.3 is 131 Å². The number of aliphatic hydroxyl groups is 2. The van der Waals surface area contributed by atoms with Gasteiger partial charge in [-0.25, -0.2) is 4.39 Å². The molecule has 45 heteroatoms. The highest BCUT2D eigenvalue weighted by molar-refractivity contribution is 8.00. The summed E-state index contributed by atoms with van der Waals surface area (Å²) in [6.45, 7) is 5.19. The lowest BCUT2D eigenvalue weighted by atomic mass is 9.96. The Balaban J connectivity index is 1.12. The van der Waals surface area contributed by atoms with E-state index in [0.717, 1.165) is 36.3 Å². The van der Waals surface area contributed by atoms with Gasteiger partial charge in [-0.1, -0.05) is 102 Å². The number of hydrogen-bond donors (Lipinski definition) is 21. The Bertz CT molecular complexity index is 5410. The fourth-order valence-electron chi connectivity index (χ4n) is 17.2. The molecule has 0 saturated carbocycles. The Morgan fingerprint density at radius 2 is 1.14 bits per heavy atom. The average molecular weight is 1950 g/mol. The van der Waals surface area contributed by atoms with Crippen LogP contribution in [0.5, 0.6) is 5.75 Å². The number of carbonyl (C=O) groups excluding carboxylic acids is 17. The third-order valence-electron chi connectivity index (χ3n) is 24.8. The number of primary amides is 2. The van der Waals surface area contributed by atoms with Gasteiger partial charge in [0.15, 0.2) is 5.96 Å². The number of phenols is 1. The number of aromatic hydroxyl groups is 1. The van der Waals surface area contributed by atoms with E-state index < -0.39 is 260 Å². The Labute approximate surface area is 807 Å². The molecule has 2 unspecified atom stereocenters. The van der Waals surface area contributed by atoms with Gasteiger partial charge in [0.05, 0.1) is 31.4 Å². The number of guanidine groups is 1. The van der Waals surface area contributed by atoms with Crippen molar-refractivity contribution in [2.75, 3.05) is 72.0 Å². The molecular weight excluding hydrogens is 1820 g/mol. The predicted octanol–water partition coefficient (Wildman–Crippen LogP) is -2.13. The van der Waals surface area contributed by atoms with Crippen LogP contribution in [0.1, 0.15) is 135 Å². The Kier molecular flexibility index (Phi) is 40.4. The zero-order valence-electron chi connectivity index (χ0n) is 79.1. The van der Waals surface area contributed by atoms with Crippen LogP contribution in [0, 0.1) is 17.1 Å². The second-order valence-electron chi connectivity index (χ2n) is 35.6. The number of rotatable bonds is 26. The number of benzene rings is 4. The van der Waals surface area contributed by atoms with E-state index in [4.69, 9.17) is 28.3 Å². The molecule has 139 heavy (non-hydrogen) atoms. The fraction of sp³-hybridized carbons (Fsp3) is 0.511. The summed E-state index contributed by atoms with van der Waals surface area (Å²) in [5.41, 5.74) is 26.2. The first-order valence-electron chi connectivity index (χ1n) is 46.5. The minimum Gasteiger partial charge on any atom is -0.508 e. The number of nitrogens with zero attached hydrogens (tertiary/aromatic N) is 5. The Morgan fingerprint density at radius 1 is 0.568 bits per heavy atom. The van der Waals surface area contributed by atoms with Gasteiger partial charge in [0, 0.05) is 112 Å². The molecule has 3 fully saturated rings. The van der Waals surface area contributed by atoms with Crippen LogP contribution in [0.4, 0.5) is 4.39 Å². The summed E-state index contributed by atoms with van der Waals surface area (Å²) in [6, 6.07) is 2.34. The number of halogens is 1. The summed E-state index contributed by atoms with van der Waals surface area (Å²) < 4.78 is 14.8. The smallest absolute Gasteiger partial charge is 0.246 e. The van der Waals surface area contributed by atoms with Crippen molar-refractivity contribution in [3.63, 3.8) is 0 Å². The number of aliphatic hydroxyl groups excluding tert-OH is 2. The largest absolute Gasteiger partial charge is 0.508 e. The Morgan fingerprint density at radius 3 is 1.78 bits per heavy atom. The molecule has 17 amide bonds. The van der Waals surface area contributed by atoms with Crippen molar-refractivity contribution >= 4 is 140 Å². The molecule has 754 valence electrons. The van der Waals surface area contributed by atoms with Crippen molar-refractivity contribution < 1.29 is 101 Å². The van der Waals surface area contributed by atoms with E-state index in [-0.39, 0.29) is 95.4 Å². The summed E-state index contributed by atoms with van der Waals surface area (Å²) in [7, 11) is 3.84. The molecule has 43 nitrogen and oxygen atoms in total. The zero-order valence-corrected chi connectivity index (χ0v) is 80.0. The van der Waals surface area contributed by atoms with E-state index >= 15 is 38.4 Å². The van der Waals surface area contributed by atoms with Crippen molar-refractivity contribution in [1.82, 2.24) is 93.0 Å². The number of likely N-dealkylation sites (N-methyl/N-ethyl adjacent to an activating group) is 3. The first kappa shape index (κ1) is 109. The molecule has 3 aliphatic heterocycles. The van der Waals surface area contributed by atoms with Crippen molar-refractivity contribution in [2.24, 2.45) is 28.9 Å². The fourth-order valence-corrected chi connectivity index (χ4v) is 18.0. The molecule has 5 heterocycles. The molecule has 25 N–H and O–H groups in total. The number of aromatic nitrogens is 2. The van der Waals surface area contributed by atoms with Gasteiger partial charge in [0.25, 0.3) is 0 Å². The lowest BCUT2D eigenvalue weighted by Crippen LogP contribution is -2.62. The number of phenolic OH excluding ortho intramolecular Hbond substituents is 1. The quantitative estimate of drug-likeness (QED) is 0.0157. The average Bonchev–Trinajstić information content (AvgIpc) is 1.62. The molecule has 9 rings (SSSR count). The summed E-state index contributed by atoms with van der Waals surface area (Å²) in [4.78, 5) is 262. The van der Waals surface area contributed by atoms with Crippen LogP contribution in [0.3, 0.4) is 0 Å². The number of fused-ring (bicyclic) bond motifs is 4. The van der Waals surface area contributed by atoms with Crippen LogP contribution in [0.25, 0.3) is 33.1 Å². The van der Waals surface area contributed by atoms with Crippen molar-refractivity contribution in [3.05, 3.63) is 126 Å². The summed E-state index contributed by atoms with van der Waals surface area (Å²) in [5, 5.41) is 70.8. The van der Waals surface area contributed by atoms with Crippen LogP contribution in [-0.4, -0.2) is 319 Å². The normalized spacial score (nSPS) is 24.4. The number of nitrogens with two attached hydrogens (primary N) is 4. The maximum atomic E-state index is 16.2. The third kappa shape index (κ3) is 29.9. The van der Waals surface area contributed by atoms with Gasteiger partial charge in [-0.3, -0.25) is 86.9 Å². The molecule has 2 aromatic heterocycles. The number of hydrogen-bond acceptors (Lipinski definition) is 23. The highest BCUT2D eigenvalue weighted by atomic mass is 32.2. The molecule has 0 aliphatic carbocycles. The molecule has 0 spiro atoms. The van der Waals surface area contributed by atoms with Crippen molar-refractivity contribution in [1.29, 1.82) is 5.41 Å². The molecule has 4 aromatic carbocycles. The first-order chi connectivity index (χ1) is 66.1. The van der Waals surface area contributed by atoms with E-state index in [2.05, 4.69) is 68.5 Å². The predicted molar refractivity (Wildman–Crippen MR) is 512 cm³/mol. The number of amides is 17. The summed E-state index contributed by atoms with van der Waals surface area (Å²) >= 11 is 0.747. The van der Waals surface area contributed by atoms with Crippen LogP contribution in [0.2, 0.25) is 0 Å². The standard InChI is InChI=1S/C94H130FN23O20S/c1-9-11-24-72-86(131)106-63(23-17-35-101-94(99)100)82(127)113-71(81(126)103-45-77(98)123)48-139-49-78(124)104-66(38-52-27-33-56(120)34-28-52)89(134)114(6)51(5)80(125)108-68(42-76(97)122)91(136)117-36-18-26-73(117)87(132)111-69(43-96)84(129)109-65(37-50(3)4)92(137)118-46-57(121)40-75(118)88(133)107-64(39-54-44-102-61-21-15-13-19-58(54)61)83(128)112-70(47-119)85(130)110-67(90(135)116(8)74(25-12-10-2)93(138)115(72)7)41-60-59-20-14-16-22-62(59)105-79(60)53-29-31-55(95)32-30-53/h13-16,19-22,27-34,44,50-51,57,63-75,102,105,119-121H,9-12,17-18,23-26,35-43,45-49,96H2,1-8H3,(H2,97,122)(H2,98,123)(H,103,126)(H,104,124)(H,106,131)(H,107,133)(H,108,125)(H,109,129)(H,110,130)(H,111,132)(H,112,128)(H,113,127)(H4,99,100,101)/t51-,57+,63?,64-,65-,66-,67-,68?,69-,70-,71-,72-,73-,74-,75-/m0/s1. The van der Waals surface area contributed by atoms with Gasteiger partial charge in [-0.2, -0.15) is 0 Å². The number of nitrogens with one attached hydrogen (secondary N) is 14. The van der Waals surface area contributed by atoms with E-state index in [1.807, 2.05) is 13.8 Å². The maximum Gasteiger partial charge on any atom is 0.246 e. The number of aromatic amines is 2. The summed E-state index contributed by atoms with van der Waals surface area (Å²) in [6.07, 6.45) is -0.944. The second-order valence-corrected chi connectivity index (χ2v) is 36.6. The molecule has 0 radical (unpaired) electrons. The number of thioether (sulfide) groups is 1. The van der Waals surface area contributed by atoms with E-state index in [1.165, 1.54) is 76.6 Å². The SMILES string of the molecule is CCCC[C@H]1C(=O)N(C)[C@@H](CCCC)C(=O)NC(CCCNC(=N)N)C(=O)N[C@H](C(=O)NCC(N)=O)CSCC(=O)N[C@@H](Cc2ccc(O)cc2)C(=O)N(C)[C@@H](C)C(=O)NC(CC(N)=O)C(=O)N2CCC[C@H]2C(=O)N[C@@H](CN)C(=O)N[C@@H](CC(C)C)C(=O)N2C[C@H](O)C[C@H]2C(=O)N[C@@H](Cc2c[nH]c3ccccc23)C(=O)N[C@@H](CO)C(=O)N[C@@H](Cc2c(-c3ccc(F)cc3)[nH]c3ccccc23)C(=O)N1C. The van der Waals surface area contributed by atoms with Crippen LogP contribution < -0.4 is 81.4 Å². The van der Waals surface area contributed by atoms with Gasteiger partial charge in [-0.15, -0.1) is 11.8 Å². The van der Waals surface area contributed by atoms with Crippen LogP contribution >= 0.6 is 11.8 Å². The third-order valence-corrected chi connectivity index (χ3v) is 25.9. The molecule has 6 aromatic rings. The maximum absolute atomic E-state index is 16.2. The zero-order chi connectivity index (χ0) is 102. The first-order valence-corrected chi connectivity index (χ1v) is 47.6. The second kappa shape index (κ2) is 51.6. The molecule has 3 saturated heterocycles. The molecule has 3 aliphatic rings. The number of H-pyrrole nitrogens is 2. The topological polar surface area (TPSA) is 659 Å². The highest BCUT2D eigenvalue weighted by Gasteiger charge is 2.47.